The molecule has 37 heavy (non-hydrogen) atoms. The van der Waals surface area contributed by atoms with E-state index in [2.05, 4.69) is 93.6 Å². The van der Waals surface area contributed by atoms with E-state index in [9.17, 15) is 34.9 Å². The second-order valence-electron chi connectivity index (χ2n) is 8.01. The highest BCUT2D eigenvalue weighted by Gasteiger charge is 2.32. The molecule has 0 aliphatic rings. The van der Waals surface area contributed by atoms with Crippen molar-refractivity contribution in [2.24, 2.45) is 0 Å². The molecule has 0 fully saturated rings. The highest BCUT2D eigenvalue weighted by atomic mass is 32.2. The van der Waals surface area contributed by atoms with Gasteiger partial charge in [-0.15, -0.1) is 0 Å². The second-order valence-corrected chi connectivity index (χ2v) is 11.3. The van der Waals surface area contributed by atoms with Crippen LogP contribution in [-0.4, -0.2) is 13.0 Å². The molecule has 0 aliphatic heterocycles. The summed E-state index contributed by atoms with van der Waals surface area (Å²) >= 11 is 0. The van der Waals surface area contributed by atoms with Gasteiger partial charge in [0.1, 0.15) is 15.0 Å². The van der Waals surface area contributed by atoms with E-state index >= 15 is 0 Å². The molecule has 0 aliphatic carbocycles. The van der Waals surface area contributed by atoms with Crippen LogP contribution in [0.4, 0.5) is 22.0 Å². The topological polar surface area (TPSA) is 57.2 Å². The largest absolute Gasteiger partial charge is 0.744 e. The van der Waals surface area contributed by atoms with Gasteiger partial charge in [-0.05, 0) is 45.0 Å². The summed E-state index contributed by atoms with van der Waals surface area (Å²) in [7, 11) is -5.82. The Morgan fingerprint density at radius 2 is 0.973 bits per heavy atom. The summed E-state index contributed by atoms with van der Waals surface area (Å²) in [6.07, 6.45) is 0. The van der Waals surface area contributed by atoms with Crippen molar-refractivity contribution in [3.63, 3.8) is 0 Å². The first-order valence-corrected chi connectivity index (χ1v) is 13.4. The Morgan fingerprint density at radius 3 is 1.32 bits per heavy atom. The first kappa shape index (κ1) is 28.4. The number of hydrogen-bond donors (Lipinski definition) is 0. The molecular weight excluding hydrogens is 531 g/mol. The maximum Gasteiger partial charge on any atom is 0.200 e. The van der Waals surface area contributed by atoms with Crippen LogP contribution < -0.4 is 0 Å². The zero-order valence-corrected chi connectivity index (χ0v) is 21.5. The van der Waals surface area contributed by atoms with Crippen LogP contribution in [0, 0.1) is 49.9 Å². The van der Waals surface area contributed by atoms with Gasteiger partial charge in [0.05, 0.1) is 10.9 Å². The minimum Gasteiger partial charge on any atom is -0.744 e. The van der Waals surface area contributed by atoms with Gasteiger partial charge in [0.25, 0.3) is 0 Å². The lowest BCUT2D eigenvalue weighted by molar-refractivity contribution is 0.350. The Hall–Kier alpha value is -3.21. The summed E-state index contributed by atoms with van der Waals surface area (Å²) < 4.78 is 92.9. The lowest BCUT2D eigenvalue weighted by atomic mass is 10.1. The molecule has 4 rings (SSSR count). The zero-order chi connectivity index (χ0) is 27.5. The molecule has 0 atom stereocenters. The number of aryl methyl sites for hydroxylation is 3. The van der Waals surface area contributed by atoms with Gasteiger partial charge in [-0.3, -0.25) is 0 Å². The van der Waals surface area contributed by atoms with Crippen molar-refractivity contribution >= 4 is 21.0 Å². The van der Waals surface area contributed by atoms with Gasteiger partial charge in [0.2, 0.25) is 5.82 Å². The van der Waals surface area contributed by atoms with Gasteiger partial charge in [-0.1, -0.05) is 54.1 Å². The Morgan fingerprint density at radius 1 is 0.622 bits per heavy atom. The maximum atomic E-state index is 12.6. The predicted molar refractivity (Wildman–Crippen MR) is 130 cm³/mol. The quantitative estimate of drug-likeness (QED) is 0.0901. The molecule has 4 aromatic rings. The summed E-state index contributed by atoms with van der Waals surface area (Å²) in [6.45, 7) is 6.65. The Labute approximate surface area is 214 Å². The molecule has 0 bridgehead atoms. The number of benzene rings is 4. The molecule has 0 N–H and O–H groups in total. The molecule has 0 unspecified atom stereocenters. The van der Waals surface area contributed by atoms with Crippen molar-refractivity contribution in [2.75, 3.05) is 0 Å². The van der Waals surface area contributed by atoms with Gasteiger partial charge in [0, 0.05) is 11.1 Å². The van der Waals surface area contributed by atoms with Crippen molar-refractivity contribution in [3.8, 4) is 0 Å². The van der Waals surface area contributed by atoms with E-state index in [1.807, 2.05) is 0 Å². The SMILES string of the molecule is Cc1cc(C)c([S+](c2ccccc2)c2ccccc2)c(C)c1.O=S(=O)([O-])c1c(F)c(F)c(F)c(F)c1F. The van der Waals surface area contributed by atoms with Gasteiger partial charge >= 0.3 is 0 Å². The van der Waals surface area contributed by atoms with Gasteiger partial charge in [-0.25, -0.2) is 30.4 Å². The number of rotatable bonds is 4. The van der Waals surface area contributed by atoms with Crippen LogP contribution in [0.5, 0.6) is 0 Å². The highest BCUT2D eigenvalue weighted by Crippen LogP contribution is 2.35. The van der Waals surface area contributed by atoms with Crippen LogP contribution in [0.25, 0.3) is 0 Å². The summed E-state index contributed by atoms with van der Waals surface area (Å²) in [4.78, 5) is 1.84. The van der Waals surface area contributed by atoms with E-state index < -0.39 is 44.1 Å². The minimum absolute atomic E-state index is 0.0460. The molecule has 0 saturated heterocycles. The molecule has 0 saturated carbocycles. The van der Waals surface area contributed by atoms with Crippen LogP contribution in [-0.2, 0) is 21.0 Å². The molecule has 10 heteroatoms. The second kappa shape index (κ2) is 11.5. The third-order valence-electron chi connectivity index (χ3n) is 5.19. The summed E-state index contributed by atoms with van der Waals surface area (Å²) in [5.74, 6) is -12.8. The lowest BCUT2D eigenvalue weighted by Crippen LogP contribution is -2.12. The molecule has 3 nitrogen and oxygen atoms in total. The molecule has 4 aromatic carbocycles. The van der Waals surface area contributed by atoms with E-state index in [4.69, 9.17) is 0 Å². The normalized spacial score (nSPS) is 11.3. The van der Waals surface area contributed by atoms with Crippen LogP contribution in [0.15, 0.2) is 92.4 Å². The molecule has 0 radical (unpaired) electrons. The first-order chi connectivity index (χ1) is 17.3. The summed E-state index contributed by atoms with van der Waals surface area (Å²) in [5, 5.41) is 0. The minimum atomic E-state index is -5.77. The third kappa shape index (κ3) is 6.20. The van der Waals surface area contributed by atoms with Crippen molar-refractivity contribution in [1.82, 2.24) is 0 Å². The van der Waals surface area contributed by atoms with Crippen molar-refractivity contribution in [3.05, 3.63) is 119 Å². The van der Waals surface area contributed by atoms with Gasteiger partial charge in [0.15, 0.2) is 38.0 Å². The van der Waals surface area contributed by atoms with E-state index in [1.165, 1.54) is 31.4 Å². The molecule has 0 amide bonds. The summed E-state index contributed by atoms with van der Waals surface area (Å²) in [5.41, 5.74) is 4.10. The van der Waals surface area contributed by atoms with E-state index in [1.54, 1.807) is 0 Å². The fourth-order valence-corrected chi connectivity index (χ4v) is 6.76. The average molecular weight is 553 g/mol. The van der Waals surface area contributed by atoms with E-state index in [0.717, 1.165) is 0 Å². The smallest absolute Gasteiger partial charge is 0.200 e. The predicted octanol–water partition coefficient (Wildman–Crippen LogP) is 6.99. The van der Waals surface area contributed by atoms with Gasteiger partial charge in [-0.2, -0.15) is 0 Å². The fraction of sp³-hybridized carbons (Fsp3) is 0.111. The van der Waals surface area contributed by atoms with Crippen LogP contribution in [0.1, 0.15) is 16.7 Å². The lowest BCUT2D eigenvalue weighted by Gasteiger charge is -2.13. The Kier molecular flexibility index (Phi) is 8.78. The summed E-state index contributed by atoms with van der Waals surface area (Å²) in [6, 6.07) is 26.3. The number of hydrogen-bond acceptors (Lipinski definition) is 3. The highest BCUT2D eigenvalue weighted by molar-refractivity contribution is 7.97. The molecule has 0 spiro atoms. The van der Waals surface area contributed by atoms with Gasteiger partial charge < -0.3 is 4.55 Å². The van der Waals surface area contributed by atoms with Crippen LogP contribution >= 0.6 is 0 Å². The van der Waals surface area contributed by atoms with E-state index in [0.29, 0.717) is 0 Å². The Balaban J connectivity index is 0.000000222. The zero-order valence-electron chi connectivity index (χ0n) is 19.9. The monoisotopic (exact) mass is 552 g/mol. The average Bonchev–Trinajstić information content (AvgIpc) is 2.84. The third-order valence-corrected chi connectivity index (χ3v) is 8.58. The first-order valence-electron chi connectivity index (χ1n) is 10.7. The molecule has 0 aromatic heterocycles. The van der Waals surface area contributed by atoms with Crippen molar-refractivity contribution in [1.29, 1.82) is 0 Å². The molecule has 0 heterocycles. The standard InChI is InChI=1S/C21H21S.C6HF5O3S/c1-16-14-17(2)21(18(3)15-16)22(19-10-6-4-7-11-19)20-12-8-5-9-13-20;7-1-2(8)4(10)6(15(12,13)14)5(11)3(1)9/h4-15H,1-3H3;(H,12,13,14)/q+1;/p-1. The fourth-order valence-electron chi connectivity index (χ4n) is 3.78. The van der Waals surface area contributed by atoms with Crippen molar-refractivity contribution < 1.29 is 34.9 Å². The maximum absolute atomic E-state index is 12.6. The van der Waals surface area contributed by atoms with E-state index in [-0.39, 0.29) is 10.9 Å². The van der Waals surface area contributed by atoms with Crippen LogP contribution in [0.2, 0.25) is 0 Å². The Bertz CT molecular complexity index is 1440. The molecule has 194 valence electrons. The number of halogens is 5. The van der Waals surface area contributed by atoms with Crippen LogP contribution in [0.3, 0.4) is 0 Å². The molecular formula is C27H21F5O3S2. The van der Waals surface area contributed by atoms with Crippen molar-refractivity contribution in [2.45, 2.75) is 40.4 Å².